The standard InChI is InChI=1S/C20H32O3/c1-3-14-18-15(17(22)11-12-20(18,2)19(14)23)9-10-16(21)13-7-5-4-6-8-13/h9-10,13-18,21-22H,3-8,11-12H2,1-2H3/t14?,15-,16-,17+,18+,20-/m1/s1. The number of carbonyl (C=O) groups excluding carboxylic acids is 1. The molecule has 0 radical (unpaired) electrons. The summed E-state index contributed by atoms with van der Waals surface area (Å²) in [6.07, 6.45) is 11.5. The van der Waals surface area contributed by atoms with Crippen molar-refractivity contribution in [1.29, 1.82) is 0 Å². The lowest BCUT2D eigenvalue weighted by molar-refractivity contribution is -0.172. The van der Waals surface area contributed by atoms with E-state index < -0.39 is 6.10 Å². The van der Waals surface area contributed by atoms with Crippen molar-refractivity contribution in [1.82, 2.24) is 0 Å². The molecule has 3 nitrogen and oxygen atoms in total. The van der Waals surface area contributed by atoms with E-state index in [0.717, 1.165) is 25.7 Å². The number of hydrogen-bond donors (Lipinski definition) is 2. The molecule has 3 aliphatic rings. The van der Waals surface area contributed by atoms with Crippen LogP contribution in [0.25, 0.3) is 0 Å². The summed E-state index contributed by atoms with van der Waals surface area (Å²) in [5, 5.41) is 20.9. The number of aliphatic hydroxyl groups is 2. The van der Waals surface area contributed by atoms with Crippen LogP contribution in [0.1, 0.15) is 65.2 Å². The fourth-order valence-electron chi connectivity index (χ4n) is 5.52. The van der Waals surface area contributed by atoms with Gasteiger partial charge in [-0.1, -0.05) is 45.3 Å². The van der Waals surface area contributed by atoms with Crippen molar-refractivity contribution in [2.24, 2.45) is 29.1 Å². The van der Waals surface area contributed by atoms with E-state index in [1.54, 1.807) is 0 Å². The molecule has 0 amide bonds. The summed E-state index contributed by atoms with van der Waals surface area (Å²) in [7, 11) is 0. The lowest BCUT2D eigenvalue weighted by atomic mass is 9.44. The first-order chi connectivity index (χ1) is 11.0. The smallest absolute Gasteiger partial charge is 0.142 e. The second-order valence-electron chi connectivity index (χ2n) is 8.28. The van der Waals surface area contributed by atoms with Crippen LogP contribution in [0.3, 0.4) is 0 Å². The molecule has 0 saturated heterocycles. The normalized spacial score (nSPS) is 43.2. The zero-order valence-electron chi connectivity index (χ0n) is 14.6. The number of Topliss-reactive ketones (excluding diaryl/α,β-unsaturated/α-hetero) is 1. The van der Waals surface area contributed by atoms with E-state index >= 15 is 0 Å². The van der Waals surface area contributed by atoms with Gasteiger partial charge >= 0.3 is 0 Å². The predicted octanol–water partition coefficient (Wildman–Crippen LogP) is 3.49. The van der Waals surface area contributed by atoms with Gasteiger partial charge in [-0.3, -0.25) is 4.79 Å². The summed E-state index contributed by atoms with van der Waals surface area (Å²) in [5.41, 5.74) is -0.245. The third kappa shape index (κ3) is 2.91. The Morgan fingerprint density at radius 3 is 2.61 bits per heavy atom. The maximum absolute atomic E-state index is 12.4. The number of ketones is 1. The number of fused-ring (bicyclic) bond motifs is 1. The summed E-state index contributed by atoms with van der Waals surface area (Å²) in [6, 6.07) is 0. The van der Waals surface area contributed by atoms with Gasteiger partial charge in [0.15, 0.2) is 0 Å². The summed E-state index contributed by atoms with van der Waals surface area (Å²) in [6.45, 7) is 4.15. The summed E-state index contributed by atoms with van der Waals surface area (Å²) < 4.78 is 0. The van der Waals surface area contributed by atoms with Crippen LogP contribution in [0.15, 0.2) is 12.2 Å². The van der Waals surface area contributed by atoms with Gasteiger partial charge in [-0.2, -0.15) is 0 Å². The van der Waals surface area contributed by atoms with E-state index in [-0.39, 0.29) is 29.3 Å². The fraction of sp³-hybridized carbons (Fsp3) is 0.850. The van der Waals surface area contributed by atoms with Gasteiger partial charge in [0.1, 0.15) is 5.78 Å². The zero-order chi connectivity index (χ0) is 16.6. The Balaban J connectivity index is 1.71. The van der Waals surface area contributed by atoms with Crippen molar-refractivity contribution in [2.75, 3.05) is 0 Å². The minimum Gasteiger partial charge on any atom is -0.393 e. The third-order valence-corrected chi connectivity index (χ3v) is 6.99. The lowest BCUT2D eigenvalue weighted by Gasteiger charge is -2.58. The third-order valence-electron chi connectivity index (χ3n) is 6.99. The van der Waals surface area contributed by atoms with Gasteiger partial charge in [0.2, 0.25) is 0 Å². The van der Waals surface area contributed by atoms with Crippen LogP contribution < -0.4 is 0 Å². The Kier molecular flexibility index (Phi) is 4.98. The van der Waals surface area contributed by atoms with Crippen LogP contribution >= 0.6 is 0 Å². The molecule has 3 fully saturated rings. The zero-order valence-corrected chi connectivity index (χ0v) is 14.6. The predicted molar refractivity (Wildman–Crippen MR) is 90.8 cm³/mol. The highest BCUT2D eigenvalue weighted by Gasteiger charge is 2.62. The summed E-state index contributed by atoms with van der Waals surface area (Å²) in [5.74, 6) is 1.13. The Morgan fingerprint density at radius 2 is 1.96 bits per heavy atom. The van der Waals surface area contributed by atoms with E-state index in [1.807, 2.05) is 12.2 Å². The van der Waals surface area contributed by atoms with Gasteiger partial charge in [0.05, 0.1) is 12.2 Å². The van der Waals surface area contributed by atoms with Crippen LogP contribution in [0.4, 0.5) is 0 Å². The summed E-state index contributed by atoms with van der Waals surface area (Å²) >= 11 is 0. The van der Waals surface area contributed by atoms with E-state index in [4.69, 9.17) is 0 Å². The highest BCUT2D eigenvalue weighted by molar-refractivity contribution is 5.94. The van der Waals surface area contributed by atoms with Crippen molar-refractivity contribution in [2.45, 2.75) is 77.4 Å². The minimum atomic E-state index is -0.397. The number of hydrogen-bond acceptors (Lipinski definition) is 3. The molecule has 2 N–H and O–H groups in total. The maximum atomic E-state index is 12.4. The molecule has 3 rings (SSSR count). The molecule has 0 aromatic carbocycles. The SMILES string of the molecule is CCC1C(=O)[C@]2(C)CC[C@H](O)[C@@H](C=C[C@@H](O)C3CCCCC3)[C@H]12. The van der Waals surface area contributed by atoms with Gasteiger partial charge < -0.3 is 10.2 Å². The Labute approximate surface area is 140 Å². The minimum absolute atomic E-state index is 0.0228. The molecule has 23 heavy (non-hydrogen) atoms. The van der Waals surface area contributed by atoms with Crippen LogP contribution in [0.5, 0.6) is 0 Å². The molecule has 1 unspecified atom stereocenters. The monoisotopic (exact) mass is 320 g/mol. The molecule has 3 saturated carbocycles. The van der Waals surface area contributed by atoms with E-state index in [9.17, 15) is 15.0 Å². The molecular weight excluding hydrogens is 288 g/mol. The Morgan fingerprint density at radius 1 is 1.26 bits per heavy atom. The molecule has 6 atom stereocenters. The maximum Gasteiger partial charge on any atom is 0.142 e. The quantitative estimate of drug-likeness (QED) is 0.780. The average Bonchev–Trinajstić information content (AvgIpc) is 2.58. The van der Waals surface area contributed by atoms with E-state index in [0.29, 0.717) is 18.1 Å². The molecular formula is C20H32O3. The highest BCUT2D eigenvalue weighted by atomic mass is 16.3. The number of aliphatic hydroxyl groups excluding tert-OH is 2. The molecule has 0 aliphatic heterocycles. The van der Waals surface area contributed by atoms with Gasteiger partial charge in [-0.25, -0.2) is 0 Å². The van der Waals surface area contributed by atoms with Crippen LogP contribution in [-0.4, -0.2) is 28.2 Å². The van der Waals surface area contributed by atoms with Gasteiger partial charge in [0, 0.05) is 17.3 Å². The first-order valence-corrected chi connectivity index (χ1v) is 9.57. The molecule has 130 valence electrons. The molecule has 0 aromatic heterocycles. The van der Waals surface area contributed by atoms with E-state index in [2.05, 4.69) is 13.8 Å². The highest BCUT2D eigenvalue weighted by Crippen LogP contribution is 2.59. The van der Waals surface area contributed by atoms with Crippen LogP contribution in [0.2, 0.25) is 0 Å². The molecule has 0 aromatic rings. The van der Waals surface area contributed by atoms with E-state index in [1.165, 1.54) is 19.3 Å². The van der Waals surface area contributed by atoms with Crippen molar-refractivity contribution in [3.05, 3.63) is 12.2 Å². The largest absolute Gasteiger partial charge is 0.393 e. The lowest BCUT2D eigenvalue weighted by Crippen LogP contribution is -2.62. The molecule has 0 heterocycles. The molecule has 3 aliphatic carbocycles. The fourth-order valence-corrected chi connectivity index (χ4v) is 5.52. The van der Waals surface area contributed by atoms with Crippen molar-refractivity contribution in [3.63, 3.8) is 0 Å². The molecule has 0 spiro atoms. The number of carbonyl (C=O) groups is 1. The van der Waals surface area contributed by atoms with Crippen LogP contribution in [-0.2, 0) is 4.79 Å². The Hall–Kier alpha value is -0.670. The first-order valence-electron chi connectivity index (χ1n) is 9.57. The van der Waals surface area contributed by atoms with Crippen LogP contribution in [0, 0.1) is 29.1 Å². The summed E-state index contributed by atoms with van der Waals surface area (Å²) in [4.78, 5) is 12.4. The molecule has 0 bridgehead atoms. The second-order valence-corrected chi connectivity index (χ2v) is 8.28. The first kappa shape index (κ1) is 17.2. The molecule has 3 heteroatoms. The van der Waals surface area contributed by atoms with Crippen molar-refractivity contribution >= 4 is 5.78 Å². The van der Waals surface area contributed by atoms with Gasteiger partial charge in [-0.15, -0.1) is 0 Å². The van der Waals surface area contributed by atoms with Crippen molar-refractivity contribution in [3.8, 4) is 0 Å². The average molecular weight is 320 g/mol. The topological polar surface area (TPSA) is 57.5 Å². The Bertz CT molecular complexity index is 466. The van der Waals surface area contributed by atoms with Gasteiger partial charge in [-0.05, 0) is 43.9 Å². The number of rotatable bonds is 4. The van der Waals surface area contributed by atoms with Gasteiger partial charge in [0.25, 0.3) is 0 Å². The second kappa shape index (κ2) is 6.68. The van der Waals surface area contributed by atoms with Crippen molar-refractivity contribution < 1.29 is 15.0 Å².